The molecule has 2 N–H and O–H groups in total. The van der Waals surface area contributed by atoms with E-state index < -0.39 is 6.09 Å². The van der Waals surface area contributed by atoms with Gasteiger partial charge in [0.05, 0.1) is 19.1 Å². The summed E-state index contributed by atoms with van der Waals surface area (Å²) in [7, 11) is 1.33. The topological polar surface area (TPSA) is 67.0 Å². The van der Waals surface area contributed by atoms with Crippen LogP contribution in [0.3, 0.4) is 0 Å². The molecule has 0 spiro atoms. The minimum absolute atomic E-state index is 0.497. The van der Waals surface area contributed by atoms with Gasteiger partial charge < -0.3 is 9.72 Å². The molecule has 3 rings (SSSR count). The highest BCUT2D eigenvalue weighted by Crippen LogP contribution is 2.29. The van der Waals surface area contributed by atoms with Crippen LogP contribution in [0.25, 0.3) is 16.3 Å². The number of fused-ring (bicyclic) bond motifs is 1. The Hall–Kier alpha value is -3.08. The smallest absolute Gasteiger partial charge is 0.411 e. The fraction of sp³-hybridized carbons (Fsp3) is 0.0588. The van der Waals surface area contributed by atoms with Crippen molar-refractivity contribution < 1.29 is 9.53 Å². The van der Waals surface area contributed by atoms with E-state index in [1.165, 1.54) is 7.11 Å². The lowest BCUT2D eigenvalue weighted by molar-refractivity contribution is 0.187. The number of aromatic nitrogens is 2. The molecule has 0 radical (unpaired) electrons. The van der Waals surface area contributed by atoms with Gasteiger partial charge in [-0.3, -0.25) is 5.32 Å². The van der Waals surface area contributed by atoms with Gasteiger partial charge in [0, 0.05) is 17.5 Å². The van der Waals surface area contributed by atoms with E-state index >= 15 is 0 Å². The Bertz CT molecular complexity index is 838. The van der Waals surface area contributed by atoms with Crippen molar-refractivity contribution in [3.05, 3.63) is 66.8 Å². The number of ether oxygens (including phenoxy) is 1. The molecule has 5 heteroatoms. The molecule has 0 atom stereocenters. The maximum atomic E-state index is 11.4. The summed E-state index contributed by atoms with van der Waals surface area (Å²) in [5.41, 5.74) is 3.25. The van der Waals surface area contributed by atoms with Gasteiger partial charge in [0.1, 0.15) is 0 Å². The van der Waals surface area contributed by atoms with Crippen molar-refractivity contribution in [3.63, 3.8) is 0 Å². The number of rotatable bonds is 3. The lowest BCUT2D eigenvalue weighted by Gasteiger charge is -2.10. The second-order valence-electron chi connectivity index (χ2n) is 4.79. The Morgan fingerprint density at radius 1 is 1.32 bits per heavy atom. The van der Waals surface area contributed by atoms with E-state index in [9.17, 15) is 4.79 Å². The summed E-state index contributed by atoms with van der Waals surface area (Å²) in [6.45, 7) is 4.13. The van der Waals surface area contributed by atoms with E-state index in [1.54, 1.807) is 12.5 Å². The largest absolute Gasteiger partial charge is 0.453 e. The lowest BCUT2D eigenvalue weighted by Crippen LogP contribution is -2.10. The minimum Gasteiger partial charge on any atom is -0.453 e. The number of aromatic amines is 1. The molecule has 0 aliphatic carbocycles. The number of nitrogens with one attached hydrogen (secondary N) is 2. The average Bonchev–Trinajstić information content (AvgIpc) is 3.08. The number of nitrogens with zero attached hydrogens (tertiary/aromatic N) is 1. The molecular formula is C17H15N3O2. The van der Waals surface area contributed by atoms with Gasteiger partial charge >= 0.3 is 6.09 Å². The second kappa shape index (κ2) is 5.73. The van der Waals surface area contributed by atoms with Gasteiger partial charge in [-0.2, -0.15) is 0 Å². The highest BCUT2D eigenvalue weighted by atomic mass is 16.5. The van der Waals surface area contributed by atoms with Crippen LogP contribution < -0.4 is 5.32 Å². The lowest BCUT2D eigenvalue weighted by atomic mass is 9.97. The molecule has 2 aromatic carbocycles. The maximum absolute atomic E-state index is 11.4. The van der Waals surface area contributed by atoms with Crippen molar-refractivity contribution in [2.45, 2.75) is 0 Å². The van der Waals surface area contributed by atoms with Crippen molar-refractivity contribution in [2.24, 2.45) is 0 Å². The number of hydrogen-bond donors (Lipinski definition) is 2. The molecule has 0 aliphatic rings. The summed E-state index contributed by atoms with van der Waals surface area (Å²) in [5.74, 6) is 0. The van der Waals surface area contributed by atoms with Gasteiger partial charge in [-0.15, -0.1) is 0 Å². The Morgan fingerprint density at radius 2 is 2.18 bits per heavy atom. The van der Waals surface area contributed by atoms with E-state index in [0.717, 1.165) is 27.6 Å². The number of methoxy groups -OCH3 is 1. The minimum atomic E-state index is -0.497. The predicted octanol–water partition coefficient (Wildman–Crippen LogP) is 3.80. The van der Waals surface area contributed by atoms with E-state index in [1.807, 2.05) is 36.4 Å². The molecule has 0 bridgehead atoms. The van der Waals surface area contributed by atoms with E-state index in [2.05, 4.69) is 26.6 Å². The molecule has 1 aromatic heterocycles. The molecule has 0 fully saturated rings. The molecule has 0 unspecified atom stereocenters. The fourth-order valence-corrected chi connectivity index (χ4v) is 2.35. The fourth-order valence-electron chi connectivity index (χ4n) is 2.35. The quantitative estimate of drug-likeness (QED) is 0.771. The Balaban J connectivity index is 2.08. The number of H-pyrrole nitrogens is 1. The third kappa shape index (κ3) is 2.56. The predicted molar refractivity (Wildman–Crippen MR) is 86.7 cm³/mol. The van der Waals surface area contributed by atoms with Crippen LogP contribution in [0.4, 0.5) is 10.5 Å². The van der Waals surface area contributed by atoms with Crippen LogP contribution in [0.15, 0.2) is 55.5 Å². The summed E-state index contributed by atoms with van der Waals surface area (Å²) >= 11 is 0. The Morgan fingerprint density at radius 3 is 2.91 bits per heavy atom. The summed E-state index contributed by atoms with van der Waals surface area (Å²) in [5, 5.41) is 4.72. The first-order chi connectivity index (χ1) is 10.7. The number of imidazole rings is 1. The summed E-state index contributed by atoms with van der Waals surface area (Å²) in [6.07, 6.45) is 2.93. The van der Waals surface area contributed by atoms with Crippen molar-refractivity contribution >= 4 is 28.1 Å². The van der Waals surface area contributed by atoms with Gasteiger partial charge in [-0.25, -0.2) is 9.78 Å². The highest BCUT2D eigenvalue weighted by molar-refractivity contribution is 5.99. The number of benzene rings is 2. The number of amides is 1. The van der Waals surface area contributed by atoms with E-state index in [-0.39, 0.29) is 0 Å². The van der Waals surface area contributed by atoms with Crippen LogP contribution in [0, 0.1) is 0 Å². The molecule has 0 saturated heterocycles. The average molecular weight is 293 g/mol. The third-order valence-corrected chi connectivity index (χ3v) is 3.45. The molecule has 1 heterocycles. The molecule has 110 valence electrons. The molecule has 1 amide bonds. The van der Waals surface area contributed by atoms with E-state index in [0.29, 0.717) is 5.69 Å². The zero-order chi connectivity index (χ0) is 15.5. The summed E-state index contributed by atoms with van der Waals surface area (Å²) in [4.78, 5) is 18.5. The zero-order valence-corrected chi connectivity index (χ0v) is 12.1. The van der Waals surface area contributed by atoms with Crippen LogP contribution in [-0.4, -0.2) is 23.2 Å². The van der Waals surface area contributed by atoms with Crippen LogP contribution in [0.5, 0.6) is 0 Å². The first kappa shape index (κ1) is 13.9. The first-order valence-corrected chi connectivity index (χ1v) is 6.75. The first-order valence-electron chi connectivity index (χ1n) is 6.75. The standard InChI is InChI=1S/C17H15N3O2/c1-11(16-9-18-10-19-16)14-5-3-4-12-6-7-13(8-15(12)14)20-17(21)22-2/h3-10H,1H2,2H3,(H,18,19)(H,20,21). The number of carbonyl (C=O) groups excluding carboxylic acids is 1. The summed E-state index contributed by atoms with van der Waals surface area (Å²) in [6, 6.07) is 11.7. The van der Waals surface area contributed by atoms with Crippen molar-refractivity contribution in [1.82, 2.24) is 9.97 Å². The van der Waals surface area contributed by atoms with Crippen molar-refractivity contribution in [1.29, 1.82) is 0 Å². The monoisotopic (exact) mass is 293 g/mol. The van der Waals surface area contributed by atoms with Gasteiger partial charge in [0.2, 0.25) is 0 Å². The van der Waals surface area contributed by atoms with E-state index in [4.69, 9.17) is 0 Å². The number of hydrogen-bond acceptors (Lipinski definition) is 3. The van der Waals surface area contributed by atoms with Gasteiger partial charge in [0.15, 0.2) is 0 Å². The number of carbonyl (C=O) groups is 1. The van der Waals surface area contributed by atoms with Crippen LogP contribution in [-0.2, 0) is 4.74 Å². The van der Waals surface area contributed by atoms with Gasteiger partial charge in [0.25, 0.3) is 0 Å². The zero-order valence-electron chi connectivity index (χ0n) is 12.1. The van der Waals surface area contributed by atoms with Crippen LogP contribution in [0.2, 0.25) is 0 Å². The molecular weight excluding hydrogens is 278 g/mol. The molecule has 3 aromatic rings. The molecule has 5 nitrogen and oxygen atoms in total. The maximum Gasteiger partial charge on any atom is 0.411 e. The third-order valence-electron chi connectivity index (χ3n) is 3.45. The highest BCUT2D eigenvalue weighted by Gasteiger charge is 2.10. The molecule has 0 saturated carbocycles. The van der Waals surface area contributed by atoms with Gasteiger partial charge in [-0.05, 0) is 28.5 Å². The SMILES string of the molecule is C=C(c1c[nH]cn1)c1cccc2ccc(NC(=O)OC)cc12. The van der Waals surface area contributed by atoms with Gasteiger partial charge in [-0.1, -0.05) is 30.8 Å². The number of anilines is 1. The van der Waals surface area contributed by atoms with Crippen LogP contribution in [0.1, 0.15) is 11.3 Å². The summed E-state index contributed by atoms with van der Waals surface area (Å²) < 4.78 is 4.62. The second-order valence-corrected chi connectivity index (χ2v) is 4.79. The molecule has 0 aliphatic heterocycles. The Labute approximate surface area is 127 Å². The Kier molecular flexibility index (Phi) is 3.62. The van der Waals surface area contributed by atoms with Crippen LogP contribution >= 0.6 is 0 Å². The van der Waals surface area contributed by atoms with Crippen molar-refractivity contribution in [2.75, 3.05) is 12.4 Å². The molecule has 22 heavy (non-hydrogen) atoms. The van der Waals surface area contributed by atoms with Crippen molar-refractivity contribution in [3.8, 4) is 0 Å². The normalized spacial score (nSPS) is 10.4.